The zero-order valence-electron chi connectivity index (χ0n) is 5.07. The molecule has 1 rings (SSSR count). The molecule has 0 aliphatic carbocycles. The fraction of sp³-hybridized carbons (Fsp3) is 0. The van der Waals surface area contributed by atoms with E-state index in [0.717, 1.165) is 22.5 Å². The summed E-state index contributed by atoms with van der Waals surface area (Å²) in [6.07, 6.45) is 0. The maximum Gasteiger partial charge on any atom is -1.00 e. The molecular formula is C6H3ClFIZn. The van der Waals surface area contributed by atoms with Crippen LogP contribution in [0.25, 0.3) is 0 Å². The number of halogens is 3. The fourth-order valence-corrected chi connectivity index (χ4v) is 1.28. The smallest absolute Gasteiger partial charge is 1.00 e. The van der Waals surface area contributed by atoms with E-state index in [4.69, 9.17) is 11.6 Å². The van der Waals surface area contributed by atoms with E-state index in [9.17, 15) is 4.39 Å². The number of rotatable bonds is 0. The van der Waals surface area contributed by atoms with Gasteiger partial charge in [0, 0.05) is 0 Å². The van der Waals surface area contributed by atoms with E-state index in [1.54, 1.807) is 6.07 Å². The molecule has 0 aliphatic rings. The summed E-state index contributed by atoms with van der Waals surface area (Å²) in [5, 5.41) is 0.201. The SMILES string of the molecule is Fc1c[c]([Zn+])ccc1Cl.[I-]. The molecule has 0 heterocycles. The van der Waals surface area contributed by atoms with Crippen molar-refractivity contribution in [3.8, 4) is 0 Å². The molecule has 1 aromatic carbocycles. The van der Waals surface area contributed by atoms with Crippen molar-refractivity contribution in [2.45, 2.75) is 0 Å². The molecule has 1 aromatic rings. The topological polar surface area (TPSA) is 0 Å². The van der Waals surface area contributed by atoms with Crippen molar-refractivity contribution in [1.82, 2.24) is 0 Å². The minimum atomic E-state index is -0.319. The third kappa shape index (κ3) is 2.81. The van der Waals surface area contributed by atoms with Gasteiger partial charge in [0.25, 0.3) is 0 Å². The first-order chi connectivity index (χ1) is 4.20. The van der Waals surface area contributed by atoms with Gasteiger partial charge < -0.3 is 24.0 Å². The Morgan fingerprint density at radius 1 is 1.40 bits per heavy atom. The minimum absolute atomic E-state index is 0. The third-order valence-electron chi connectivity index (χ3n) is 0.984. The standard InChI is InChI=1S/C6H3ClF.HI.Zn/c7-5-3-1-2-4-6(5)8;;/h1,3-4H;1H;/q;;+1/p-1. The second-order valence-corrected chi connectivity index (χ2v) is 3.87. The maximum atomic E-state index is 12.5. The molecule has 0 atom stereocenters. The van der Waals surface area contributed by atoms with E-state index >= 15 is 0 Å². The monoisotopic (exact) mass is 320 g/mol. The predicted octanol–water partition coefficient (Wildman–Crippen LogP) is -1.34. The summed E-state index contributed by atoms with van der Waals surface area (Å²) in [5.41, 5.74) is 0. The molecule has 0 aliphatic heterocycles. The van der Waals surface area contributed by atoms with Gasteiger partial charge in [-0.05, 0) is 0 Å². The molecule has 0 bridgehead atoms. The van der Waals surface area contributed by atoms with Crippen molar-refractivity contribution in [1.29, 1.82) is 0 Å². The van der Waals surface area contributed by atoms with E-state index in [1.165, 1.54) is 6.07 Å². The first kappa shape index (κ1) is 10.8. The molecule has 0 N–H and O–H groups in total. The average Bonchev–Trinajstić information content (AvgIpc) is 1.80. The second kappa shape index (κ2) is 4.63. The Hall–Kier alpha value is 0.793. The summed E-state index contributed by atoms with van der Waals surface area (Å²) in [4.78, 5) is 0. The summed E-state index contributed by atoms with van der Waals surface area (Å²) in [5.74, 6) is -0.319. The molecule has 0 unspecified atom stereocenters. The van der Waals surface area contributed by atoms with Gasteiger partial charge in [-0.2, -0.15) is 0 Å². The van der Waals surface area contributed by atoms with Gasteiger partial charge in [0.05, 0.1) is 0 Å². The Bertz CT molecular complexity index is 229. The predicted molar refractivity (Wildman–Crippen MR) is 31.0 cm³/mol. The van der Waals surface area contributed by atoms with E-state index < -0.39 is 0 Å². The van der Waals surface area contributed by atoms with Crippen molar-refractivity contribution >= 4 is 15.8 Å². The van der Waals surface area contributed by atoms with Gasteiger partial charge in [-0.3, -0.25) is 0 Å². The Kier molecular flexibility index (Phi) is 4.99. The summed E-state index contributed by atoms with van der Waals surface area (Å²) in [7, 11) is 0. The van der Waals surface area contributed by atoms with Crippen LogP contribution in [0.1, 0.15) is 0 Å². The van der Waals surface area contributed by atoms with Gasteiger partial charge in [0.1, 0.15) is 0 Å². The van der Waals surface area contributed by atoms with Crippen LogP contribution in [0.4, 0.5) is 4.39 Å². The van der Waals surface area contributed by atoms with Crippen LogP contribution in [0.3, 0.4) is 0 Å². The van der Waals surface area contributed by atoms with Crippen molar-refractivity contribution in [2.24, 2.45) is 0 Å². The first-order valence-electron chi connectivity index (χ1n) is 2.47. The van der Waals surface area contributed by atoms with Crippen LogP contribution in [-0.2, 0) is 18.3 Å². The van der Waals surface area contributed by atoms with Crippen LogP contribution in [0, 0.1) is 5.82 Å². The molecule has 0 radical (unpaired) electrons. The summed E-state index contributed by atoms with van der Waals surface area (Å²) in [6, 6.07) is 4.86. The second-order valence-electron chi connectivity index (χ2n) is 1.75. The van der Waals surface area contributed by atoms with Gasteiger partial charge in [-0.25, -0.2) is 0 Å². The summed E-state index contributed by atoms with van der Waals surface area (Å²) in [6.45, 7) is 0. The molecule has 0 saturated carbocycles. The Morgan fingerprint density at radius 2 is 2.00 bits per heavy atom. The van der Waals surface area contributed by atoms with Crippen molar-refractivity contribution < 1.29 is 46.7 Å². The zero-order chi connectivity index (χ0) is 6.85. The normalized spacial score (nSPS) is 8.80. The van der Waals surface area contributed by atoms with Crippen molar-refractivity contribution in [3.63, 3.8) is 0 Å². The van der Waals surface area contributed by atoms with Crippen LogP contribution >= 0.6 is 11.6 Å². The van der Waals surface area contributed by atoms with E-state index in [0.29, 0.717) is 0 Å². The number of hydrogen-bond donors (Lipinski definition) is 0. The molecular weight excluding hydrogens is 319 g/mol. The van der Waals surface area contributed by atoms with Gasteiger partial charge in [-0.15, -0.1) is 0 Å². The molecule has 0 nitrogen and oxygen atoms in total. The largest absolute Gasteiger partial charge is 1.00 e. The molecule has 0 saturated heterocycles. The molecule has 0 fully saturated rings. The first-order valence-corrected chi connectivity index (χ1v) is 4.33. The molecule has 50 valence electrons. The Balaban J connectivity index is 0.000000810. The molecule has 0 amide bonds. The van der Waals surface area contributed by atoms with Gasteiger partial charge in [0.15, 0.2) is 0 Å². The van der Waals surface area contributed by atoms with E-state index in [1.807, 2.05) is 6.07 Å². The molecule has 4 heteroatoms. The Labute approximate surface area is 90.8 Å². The van der Waals surface area contributed by atoms with Crippen LogP contribution in [0.15, 0.2) is 18.2 Å². The van der Waals surface area contributed by atoms with Crippen LogP contribution in [0.2, 0.25) is 5.02 Å². The van der Waals surface area contributed by atoms with Gasteiger partial charge in [-0.1, -0.05) is 0 Å². The fourth-order valence-electron chi connectivity index (χ4n) is 0.540. The van der Waals surface area contributed by atoms with Gasteiger partial charge in [0.2, 0.25) is 0 Å². The molecule has 0 aromatic heterocycles. The number of hydrogen-bond acceptors (Lipinski definition) is 0. The minimum Gasteiger partial charge on any atom is -1.00 e. The zero-order valence-corrected chi connectivity index (χ0v) is 11.0. The molecule has 10 heavy (non-hydrogen) atoms. The summed E-state index contributed by atoms with van der Waals surface area (Å²) >= 11 is 6.39. The van der Waals surface area contributed by atoms with Crippen molar-refractivity contribution in [3.05, 3.63) is 29.0 Å². The van der Waals surface area contributed by atoms with Crippen LogP contribution in [0.5, 0.6) is 0 Å². The van der Waals surface area contributed by atoms with E-state index in [2.05, 4.69) is 0 Å². The quantitative estimate of drug-likeness (QED) is 0.410. The molecule has 0 spiro atoms. The van der Waals surface area contributed by atoms with Crippen LogP contribution < -0.4 is 28.1 Å². The van der Waals surface area contributed by atoms with Crippen LogP contribution in [-0.4, -0.2) is 0 Å². The average molecular weight is 322 g/mol. The summed E-state index contributed by atoms with van der Waals surface area (Å²) < 4.78 is 13.5. The third-order valence-corrected chi connectivity index (χ3v) is 2.21. The van der Waals surface area contributed by atoms with Gasteiger partial charge >= 0.3 is 67.5 Å². The van der Waals surface area contributed by atoms with E-state index in [-0.39, 0.29) is 34.8 Å². The maximum absolute atomic E-state index is 12.5. The number of benzene rings is 1. The Morgan fingerprint density at radius 3 is 2.40 bits per heavy atom. The van der Waals surface area contributed by atoms with Crippen molar-refractivity contribution in [2.75, 3.05) is 0 Å².